The Labute approximate surface area is 99.5 Å². The first-order valence-electron chi connectivity index (χ1n) is 5.49. The van der Waals surface area contributed by atoms with Crippen LogP contribution in [0.3, 0.4) is 0 Å². The highest BCUT2D eigenvalue weighted by Gasteiger charge is 2.28. The zero-order valence-electron chi connectivity index (χ0n) is 9.91. The summed E-state index contributed by atoms with van der Waals surface area (Å²) in [6.07, 6.45) is 2.41. The van der Waals surface area contributed by atoms with Crippen LogP contribution >= 0.6 is 0 Å². The van der Waals surface area contributed by atoms with Gasteiger partial charge in [-0.05, 0) is 18.9 Å². The van der Waals surface area contributed by atoms with Gasteiger partial charge in [-0.2, -0.15) is 5.26 Å². The SMILES string of the molecule is CCC(C#N)(CC)NC(=O)c1ccc(=O)[nH]c1. The summed E-state index contributed by atoms with van der Waals surface area (Å²) in [5.41, 5.74) is -0.766. The van der Waals surface area contributed by atoms with Crippen LogP contribution in [0.15, 0.2) is 23.1 Å². The van der Waals surface area contributed by atoms with Crippen molar-refractivity contribution in [3.05, 3.63) is 34.2 Å². The smallest absolute Gasteiger partial charge is 0.254 e. The number of rotatable bonds is 4. The van der Waals surface area contributed by atoms with Crippen molar-refractivity contribution in [1.29, 1.82) is 5.26 Å². The van der Waals surface area contributed by atoms with E-state index in [1.807, 2.05) is 13.8 Å². The van der Waals surface area contributed by atoms with Gasteiger partial charge in [0.05, 0.1) is 11.6 Å². The number of aromatic amines is 1. The van der Waals surface area contributed by atoms with Crippen molar-refractivity contribution >= 4 is 5.91 Å². The molecule has 0 bridgehead atoms. The van der Waals surface area contributed by atoms with Crippen molar-refractivity contribution in [3.63, 3.8) is 0 Å². The molecule has 1 aromatic rings. The van der Waals surface area contributed by atoms with E-state index in [9.17, 15) is 9.59 Å². The van der Waals surface area contributed by atoms with Crippen molar-refractivity contribution < 1.29 is 4.79 Å². The minimum atomic E-state index is -0.840. The first-order chi connectivity index (χ1) is 8.06. The Morgan fingerprint density at radius 1 is 1.47 bits per heavy atom. The Morgan fingerprint density at radius 2 is 2.12 bits per heavy atom. The lowest BCUT2D eigenvalue weighted by Crippen LogP contribution is -2.46. The van der Waals surface area contributed by atoms with Gasteiger partial charge in [-0.25, -0.2) is 0 Å². The lowest BCUT2D eigenvalue weighted by molar-refractivity contribution is 0.0915. The summed E-state index contributed by atoms with van der Waals surface area (Å²) in [7, 11) is 0. The number of hydrogen-bond donors (Lipinski definition) is 2. The van der Waals surface area contributed by atoms with Crippen molar-refractivity contribution in [1.82, 2.24) is 10.3 Å². The minimum absolute atomic E-state index is 0.265. The first kappa shape index (κ1) is 13.0. The van der Waals surface area contributed by atoms with Gasteiger partial charge in [0.15, 0.2) is 0 Å². The van der Waals surface area contributed by atoms with Crippen LogP contribution in [0.1, 0.15) is 37.0 Å². The molecule has 0 aliphatic carbocycles. The highest BCUT2D eigenvalue weighted by atomic mass is 16.2. The standard InChI is InChI=1S/C12H15N3O2/c1-3-12(4-2,8-13)15-11(17)9-5-6-10(16)14-7-9/h5-7H,3-4H2,1-2H3,(H,14,16)(H,15,17). The fourth-order valence-electron chi connectivity index (χ4n) is 1.45. The molecule has 0 spiro atoms. The number of H-pyrrole nitrogens is 1. The summed E-state index contributed by atoms with van der Waals surface area (Å²) in [6, 6.07) is 4.83. The number of nitrogens with zero attached hydrogens (tertiary/aromatic N) is 1. The number of carbonyl (C=O) groups is 1. The average molecular weight is 233 g/mol. The van der Waals surface area contributed by atoms with E-state index in [0.29, 0.717) is 18.4 Å². The molecule has 0 aromatic carbocycles. The number of pyridine rings is 1. The van der Waals surface area contributed by atoms with E-state index in [1.165, 1.54) is 18.3 Å². The van der Waals surface area contributed by atoms with Crippen LogP contribution in [0, 0.1) is 11.3 Å². The molecule has 0 unspecified atom stereocenters. The van der Waals surface area contributed by atoms with E-state index < -0.39 is 5.54 Å². The van der Waals surface area contributed by atoms with E-state index in [1.54, 1.807) is 0 Å². The Bertz CT molecular complexity index is 475. The maximum Gasteiger partial charge on any atom is 0.254 e. The molecular formula is C12H15N3O2. The largest absolute Gasteiger partial charge is 0.334 e. The third-order valence-corrected chi connectivity index (χ3v) is 2.82. The summed E-state index contributed by atoms with van der Waals surface area (Å²) >= 11 is 0. The van der Waals surface area contributed by atoms with Gasteiger partial charge in [0.1, 0.15) is 5.54 Å². The Kier molecular flexibility index (Phi) is 4.05. The molecule has 0 aliphatic rings. The molecular weight excluding hydrogens is 218 g/mol. The number of nitrogens with one attached hydrogen (secondary N) is 2. The van der Waals surface area contributed by atoms with Gasteiger partial charge >= 0.3 is 0 Å². The van der Waals surface area contributed by atoms with E-state index in [-0.39, 0.29) is 11.5 Å². The normalized spacial score (nSPS) is 10.6. The zero-order valence-corrected chi connectivity index (χ0v) is 9.91. The molecule has 17 heavy (non-hydrogen) atoms. The molecule has 1 amide bonds. The second-order valence-corrected chi connectivity index (χ2v) is 3.80. The molecule has 5 heteroatoms. The second kappa shape index (κ2) is 5.30. The molecule has 0 atom stereocenters. The zero-order chi connectivity index (χ0) is 12.9. The fourth-order valence-corrected chi connectivity index (χ4v) is 1.45. The number of nitriles is 1. The predicted molar refractivity (Wildman–Crippen MR) is 63.5 cm³/mol. The van der Waals surface area contributed by atoms with Crippen LogP contribution < -0.4 is 10.9 Å². The van der Waals surface area contributed by atoms with Crippen LogP contribution in [-0.4, -0.2) is 16.4 Å². The predicted octanol–water partition coefficient (Wildman–Crippen LogP) is 1.19. The highest BCUT2D eigenvalue weighted by molar-refractivity contribution is 5.94. The number of aromatic nitrogens is 1. The van der Waals surface area contributed by atoms with Crippen molar-refractivity contribution in [2.24, 2.45) is 0 Å². The maximum atomic E-state index is 11.9. The summed E-state index contributed by atoms with van der Waals surface area (Å²) in [5.74, 6) is -0.355. The Hall–Kier alpha value is -2.09. The van der Waals surface area contributed by atoms with Crippen LogP contribution in [-0.2, 0) is 0 Å². The van der Waals surface area contributed by atoms with Gasteiger partial charge < -0.3 is 10.3 Å². The monoisotopic (exact) mass is 233 g/mol. The molecule has 2 N–H and O–H groups in total. The van der Waals surface area contributed by atoms with Gasteiger partial charge in [-0.15, -0.1) is 0 Å². The highest BCUT2D eigenvalue weighted by Crippen LogP contribution is 2.14. The van der Waals surface area contributed by atoms with E-state index in [0.717, 1.165) is 0 Å². The molecule has 0 saturated heterocycles. The third-order valence-electron chi connectivity index (χ3n) is 2.82. The average Bonchev–Trinajstić information content (AvgIpc) is 2.37. The molecule has 90 valence electrons. The fraction of sp³-hybridized carbons (Fsp3) is 0.417. The summed E-state index contributed by atoms with van der Waals surface area (Å²) in [4.78, 5) is 25.1. The molecule has 0 fully saturated rings. The number of carbonyl (C=O) groups excluding carboxylic acids is 1. The maximum absolute atomic E-state index is 11.9. The van der Waals surface area contributed by atoms with Crippen LogP contribution in [0.4, 0.5) is 0 Å². The second-order valence-electron chi connectivity index (χ2n) is 3.80. The van der Waals surface area contributed by atoms with Gasteiger partial charge in [-0.3, -0.25) is 9.59 Å². The molecule has 5 nitrogen and oxygen atoms in total. The summed E-state index contributed by atoms with van der Waals surface area (Å²) in [6.45, 7) is 3.69. The number of hydrogen-bond acceptors (Lipinski definition) is 3. The van der Waals surface area contributed by atoms with Gasteiger partial charge in [0.25, 0.3) is 5.91 Å². The first-order valence-corrected chi connectivity index (χ1v) is 5.49. The molecule has 1 heterocycles. The summed E-state index contributed by atoms with van der Waals surface area (Å²) in [5, 5.41) is 11.8. The van der Waals surface area contributed by atoms with E-state index in [2.05, 4.69) is 16.4 Å². The molecule has 0 radical (unpaired) electrons. The van der Waals surface area contributed by atoms with E-state index in [4.69, 9.17) is 5.26 Å². The lowest BCUT2D eigenvalue weighted by Gasteiger charge is -2.24. The molecule has 0 saturated carbocycles. The van der Waals surface area contributed by atoms with Crippen molar-refractivity contribution in [2.75, 3.05) is 0 Å². The van der Waals surface area contributed by atoms with Crippen LogP contribution in [0.25, 0.3) is 0 Å². The van der Waals surface area contributed by atoms with Crippen LogP contribution in [0.5, 0.6) is 0 Å². The summed E-state index contributed by atoms with van der Waals surface area (Å²) < 4.78 is 0. The van der Waals surface area contributed by atoms with Gasteiger partial charge in [0.2, 0.25) is 5.56 Å². The van der Waals surface area contributed by atoms with Gasteiger partial charge in [0, 0.05) is 12.3 Å². The van der Waals surface area contributed by atoms with Crippen molar-refractivity contribution in [3.8, 4) is 6.07 Å². The lowest BCUT2D eigenvalue weighted by atomic mass is 9.94. The van der Waals surface area contributed by atoms with Crippen molar-refractivity contribution in [2.45, 2.75) is 32.2 Å². The van der Waals surface area contributed by atoms with Gasteiger partial charge in [-0.1, -0.05) is 13.8 Å². The number of amides is 1. The topological polar surface area (TPSA) is 85.8 Å². The molecule has 1 rings (SSSR count). The Morgan fingerprint density at radius 3 is 2.53 bits per heavy atom. The third kappa shape index (κ3) is 2.94. The minimum Gasteiger partial charge on any atom is -0.334 e. The van der Waals surface area contributed by atoms with Crippen LogP contribution in [0.2, 0.25) is 0 Å². The Balaban J connectivity index is 2.89. The molecule has 0 aliphatic heterocycles. The van der Waals surface area contributed by atoms with E-state index >= 15 is 0 Å². The quantitative estimate of drug-likeness (QED) is 0.819. The molecule has 1 aromatic heterocycles.